The lowest BCUT2D eigenvalue weighted by atomic mass is 9.98. The van der Waals surface area contributed by atoms with E-state index in [1.807, 2.05) is 117 Å². The molecule has 0 aliphatic carbocycles. The van der Waals surface area contributed by atoms with Crippen LogP contribution in [0.3, 0.4) is 0 Å². The van der Waals surface area contributed by atoms with Crippen LogP contribution in [0.5, 0.6) is 0 Å². The SMILES string of the molecule is CC[C@H]1CN([C@@H](Cc2ccc3ccccc3c2)C(N)=O)CCN1C(=O)[C@@H](Cc1ccc(F)cc1)NC(=O)OC(C)(C)C.CC[C@H]1CN([C@@H](Cc2ccc3ccccc3c2)C(N)=O)CCN1C(=O)[C@@H](Cc1ccc(F)cc1)NC(=O)OC(C)(C)C.CC[C@H]1CN([C@@H](Cc2ccc3ccccc3c2)C(N)=O)CCN1C(=O)[C@H](N)Cc1ccc(F)cc1. The molecule has 9 atom stereocenters. The van der Waals surface area contributed by atoms with Crippen LogP contribution >= 0.6 is 0 Å². The summed E-state index contributed by atoms with van der Waals surface area (Å²) in [6.45, 7) is 20.7. The van der Waals surface area contributed by atoms with E-state index in [-0.39, 0.29) is 72.0 Å². The molecule has 22 nitrogen and oxygen atoms in total. The van der Waals surface area contributed by atoms with Gasteiger partial charge >= 0.3 is 12.2 Å². The summed E-state index contributed by atoms with van der Waals surface area (Å²) in [7, 11) is 0. The molecular formula is C94H115F3N12O10. The van der Waals surface area contributed by atoms with Gasteiger partial charge in [0.1, 0.15) is 40.7 Å². The first-order chi connectivity index (χ1) is 56.7. The predicted octanol–water partition coefficient (Wildman–Crippen LogP) is 11.7. The maximum absolute atomic E-state index is 13.9. The molecule has 3 saturated heterocycles. The molecule has 0 aromatic heterocycles. The molecule has 119 heavy (non-hydrogen) atoms. The second-order valence-electron chi connectivity index (χ2n) is 33.2. The summed E-state index contributed by atoms with van der Waals surface area (Å²) < 4.78 is 51.1. The average molecular weight is 1630 g/mol. The number of ether oxygens (including phenoxy) is 2. The summed E-state index contributed by atoms with van der Waals surface area (Å²) in [6, 6.07) is 56.2. The van der Waals surface area contributed by atoms with Gasteiger partial charge in [-0.2, -0.15) is 0 Å². The number of fused-ring (bicyclic) bond motifs is 3. The lowest BCUT2D eigenvalue weighted by Gasteiger charge is -2.44. The summed E-state index contributed by atoms with van der Waals surface area (Å²) >= 11 is 0. The number of rotatable bonds is 26. The molecule has 0 spiro atoms. The first-order valence-corrected chi connectivity index (χ1v) is 41.1. The monoisotopic (exact) mass is 1630 g/mol. The minimum absolute atomic E-state index is 0.0611. The van der Waals surface area contributed by atoms with Crippen molar-refractivity contribution in [1.82, 2.24) is 40.0 Å². The van der Waals surface area contributed by atoms with Gasteiger partial charge in [-0.3, -0.25) is 43.5 Å². The van der Waals surface area contributed by atoms with Gasteiger partial charge in [-0.05, 0) is 189 Å². The fourth-order valence-corrected chi connectivity index (χ4v) is 16.0. The van der Waals surface area contributed by atoms with Gasteiger partial charge in [-0.25, -0.2) is 22.8 Å². The maximum Gasteiger partial charge on any atom is 0.408 e. The highest BCUT2D eigenvalue weighted by molar-refractivity contribution is 5.90. The number of nitrogens with zero attached hydrogens (tertiary/aromatic N) is 6. The number of amides is 8. The second-order valence-corrected chi connectivity index (χ2v) is 33.2. The molecule has 0 radical (unpaired) electrons. The summed E-state index contributed by atoms with van der Waals surface area (Å²) in [6.07, 6.45) is 2.83. The summed E-state index contributed by atoms with van der Waals surface area (Å²) in [5.41, 5.74) is 27.8. The molecule has 8 amide bonds. The van der Waals surface area contributed by atoms with E-state index < -0.39 is 71.5 Å². The van der Waals surface area contributed by atoms with Crippen molar-refractivity contribution >= 4 is 79.9 Å². The van der Waals surface area contributed by atoms with Gasteiger partial charge in [-0.15, -0.1) is 0 Å². The molecule has 9 aromatic carbocycles. The van der Waals surface area contributed by atoms with Crippen LogP contribution in [0.1, 0.15) is 115 Å². The first-order valence-electron chi connectivity index (χ1n) is 41.1. The van der Waals surface area contributed by atoms with Crippen LogP contribution in [0.15, 0.2) is 200 Å². The Kier molecular flexibility index (Phi) is 31.4. The standard InChI is InChI=1S/2C33H41FN4O4.C28H33FN4O2/c2*1-5-27-21-37(29(30(35)39)20-23-10-13-24-8-6-7-9-25(24)18-23)16-17-38(27)31(40)28(36-32(41)42-33(2,3)4)19-22-11-14-26(34)15-12-22;1-2-24-18-32(13-14-33(24)28(35)25(30)16-19-8-11-23(29)12-9-19)26(27(31)34)17-20-7-10-21-5-3-4-6-22(21)15-20/h2*6-15,18,27-29H,5,16-17,19-21H2,1-4H3,(H2,35,39)(H,36,41);3-12,15,24-26H,2,13-14,16-18,30H2,1H3,(H2,31,34)/t2*27-,28+,29-;24-,25+,26-/m000/s1. The number of carbonyl (C=O) groups excluding carboxylic acids is 8. The zero-order valence-electron chi connectivity index (χ0n) is 69.7. The fourth-order valence-electron chi connectivity index (χ4n) is 16.0. The van der Waals surface area contributed by atoms with Gasteiger partial charge < -0.3 is 57.7 Å². The largest absolute Gasteiger partial charge is 0.444 e. The maximum atomic E-state index is 13.9. The number of nitrogens with one attached hydrogen (secondary N) is 2. The van der Waals surface area contributed by atoms with E-state index in [1.54, 1.807) is 87.7 Å². The van der Waals surface area contributed by atoms with Crippen molar-refractivity contribution in [3.63, 3.8) is 0 Å². The minimum atomic E-state index is -0.907. The molecule has 632 valence electrons. The van der Waals surface area contributed by atoms with E-state index in [2.05, 4.69) is 61.7 Å². The Hall–Kier alpha value is -11.3. The Balaban J connectivity index is 0.000000189. The van der Waals surface area contributed by atoms with E-state index in [0.29, 0.717) is 109 Å². The van der Waals surface area contributed by atoms with E-state index in [1.165, 1.54) is 36.4 Å². The van der Waals surface area contributed by atoms with Crippen molar-refractivity contribution in [2.45, 2.75) is 186 Å². The minimum Gasteiger partial charge on any atom is -0.444 e. The van der Waals surface area contributed by atoms with Crippen molar-refractivity contribution in [3.8, 4) is 0 Å². The number of primary amides is 3. The van der Waals surface area contributed by atoms with Crippen LogP contribution in [0, 0.1) is 17.5 Å². The molecule has 0 unspecified atom stereocenters. The highest BCUT2D eigenvalue weighted by Gasteiger charge is 2.42. The first kappa shape index (κ1) is 90.1. The third-order valence-electron chi connectivity index (χ3n) is 22.2. The molecule has 0 bridgehead atoms. The molecule has 12 rings (SSSR count). The number of piperazine rings is 3. The van der Waals surface area contributed by atoms with Crippen molar-refractivity contribution in [2.75, 3.05) is 58.9 Å². The quantitative estimate of drug-likeness (QED) is 0.0294. The highest BCUT2D eigenvalue weighted by atomic mass is 19.1. The third-order valence-corrected chi connectivity index (χ3v) is 22.2. The number of benzene rings is 9. The fraction of sp³-hybridized carbons (Fsp3) is 0.404. The van der Waals surface area contributed by atoms with Crippen LogP contribution in [0.25, 0.3) is 32.3 Å². The molecule has 9 aromatic rings. The van der Waals surface area contributed by atoms with Gasteiger partial charge in [0.15, 0.2) is 0 Å². The Morgan fingerprint density at radius 2 is 0.622 bits per heavy atom. The Labute approximate surface area is 696 Å². The zero-order chi connectivity index (χ0) is 85.8. The lowest BCUT2D eigenvalue weighted by molar-refractivity contribution is -0.141. The Morgan fingerprint density at radius 1 is 0.361 bits per heavy atom. The molecule has 3 fully saturated rings. The topological polar surface area (TPSA) is 303 Å². The van der Waals surface area contributed by atoms with Gasteiger partial charge in [0.25, 0.3) is 0 Å². The Morgan fingerprint density at radius 3 is 0.891 bits per heavy atom. The molecule has 3 aliphatic rings. The molecule has 25 heteroatoms. The van der Waals surface area contributed by atoms with Crippen LogP contribution in [0.4, 0.5) is 22.8 Å². The van der Waals surface area contributed by atoms with Crippen molar-refractivity contribution in [3.05, 3.63) is 251 Å². The van der Waals surface area contributed by atoms with Gasteiger partial charge in [0, 0.05) is 89.9 Å². The highest BCUT2D eigenvalue weighted by Crippen LogP contribution is 2.28. The van der Waals surface area contributed by atoms with Gasteiger partial charge in [0.05, 0.1) is 24.2 Å². The Bertz CT molecular complexity index is 4750. The lowest BCUT2D eigenvalue weighted by Crippen LogP contribution is -2.63. The van der Waals surface area contributed by atoms with E-state index in [9.17, 15) is 51.5 Å². The van der Waals surface area contributed by atoms with Crippen molar-refractivity contribution in [1.29, 1.82) is 0 Å². The third kappa shape index (κ3) is 25.6. The summed E-state index contributed by atoms with van der Waals surface area (Å²) in [5, 5.41) is 12.2. The number of nitrogens with two attached hydrogens (primary N) is 4. The summed E-state index contributed by atoms with van der Waals surface area (Å²) in [4.78, 5) is 116. The van der Waals surface area contributed by atoms with Crippen LogP contribution in [-0.4, -0.2) is 202 Å². The molecular weight excluding hydrogens is 1510 g/mol. The summed E-state index contributed by atoms with van der Waals surface area (Å²) in [5.74, 6) is -2.86. The number of halogens is 3. The zero-order valence-corrected chi connectivity index (χ0v) is 69.7. The van der Waals surface area contributed by atoms with Crippen LogP contribution < -0.4 is 33.6 Å². The normalized spacial score (nSPS) is 17.7. The number of carbonyl (C=O) groups is 8. The molecule has 3 aliphatic heterocycles. The molecule has 0 saturated carbocycles. The van der Waals surface area contributed by atoms with Gasteiger partial charge in [-0.1, -0.05) is 185 Å². The van der Waals surface area contributed by atoms with E-state index in [4.69, 9.17) is 32.4 Å². The number of hydrogen-bond acceptors (Lipinski definition) is 14. The van der Waals surface area contributed by atoms with E-state index >= 15 is 0 Å². The van der Waals surface area contributed by atoms with Crippen molar-refractivity contribution < 1.29 is 61.0 Å². The average Bonchev–Trinajstić information content (AvgIpc) is 0.808. The predicted molar refractivity (Wildman–Crippen MR) is 459 cm³/mol. The number of hydrogen-bond donors (Lipinski definition) is 6. The molecule has 10 N–H and O–H groups in total. The second kappa shape index (κ2) is 41.4. The van der Waals surface area contributed by atoms with E-state index in [0.717, 1.165) is 61.0 Å². The van der Waals surface area contributed by atoms with Crippen LogP contribution in [-0.2, 0) is 76.8 Å². The smallest absolute Gasteiger partial charge is 0.408 e. The van der Waals surface area contributed by atoms with Gasteiger partial charge in [0.2, 0.25) is 35.4 Å². The molecule has 3 heterocycles. The van der Waals surface area contributed by atoms with Crippen molar-refractivity contribution in [2.24, 2.45) is 22.9 Å². The van der Waals surface area contributed by atoms with Crippen LogP contribution in [0.2, 0.25) is 0 Å². The number of alkyl carbamates (subject to hydrolysis) is 2.